The lowest BCUT2D eigenvalue weighted by molar-refractivity contribution is -0.296. The van der Waals surface area contributed by atoms with Crippen molar-refractivity contribution in [1.29, 1.82) is 0 Å². The largest absolute Gasteiger partial charge is 0.389 e. The molecule has 0 aromatic carbocycles. The first-order valence-corrected chi connectivity index (χ1v) is 8.96. The van der Waals surface area contributed by atoms with E-state index in [4.69, 9.17) is 37.1 Å². The summed E-state index contributed by atoms with van der Waals surface area (Å²) in [4.78, 5) is 0. The van der Waals surface area contributed by atoms with Gasteiger partial charge in [0.2, 0.25) is 0 Å². The van der Waals surface area contributed by atoms with Crippen LogP contribution in [0.5, 0.6) is 0 Å². The van der Waals surface area contributed by atoms with E-state index in [1.54, 1.807) is 0 Å². The second-order valence-electron chi connectivity index (χ2n) is 8.19. The molecule has 154 valence electrons. The molecule has 10 nitrogen and oxygen atoms in total. The molecule has 1 saturated heterocycles. The van der Waals surface area contributed by atoms with Gasteiger partial charge in [0.1, 0.15) is 30.5 Å². The normalized spacial score (nSPS) is 47.8. The zero-order chi connectivity index (χ0) is 19.8. The molecule has 0 aromatic rings. The van der Waals surface area contributed by atoms with Crippen molar-refractivity contribution in [2.45, 2.75) is 93.8 Å². The van der Waals surface area contributed by atoms with Crippen molar-refractivity contribution in [3.05, 3.63) is 0 Å². The topological polar surface area (TPSA) is 192 Å². The van der Waals surface area contributed by atoms with Gasteiger partial charge >= 0.3 is 0 Å². The van der Waals surface area contributed by atoms with Crippen molar-refractivity contribution < 1.29 is 29.5 Å². The maximum atomic E-state index is 10.5. The molecule has 10 unspecified atom stereocenters. The van der Waals surface area contributed by atoms with Crippen LogP contribution in [0, 0.1) is 0 Å². The van der Waals surface area contributed by atoms with Crippen molar-refractivity contribution in [2.75, 3.05) is 6.54 Å². The molecule has 0 radical (unpaired) electrons. The molecule has 0 aromatic heterocycles. The molecule has 0 spiro atoms. The summed E-state index contributed by atoms with van der Waals surface area (Å²) in [5, 5.41) is 30.6. The Labute approximate surface area is 153 Å². The predicted molar refractivity (Wildman–Crippen MR) is 93.8 cm³/mol. The zero-order valence-corrected chi connectivity index (χ0v) is 15.6. The van der Waals surface area contributed by atoms with Gasteiger partial charge < -0.3 is 52.5 Å². The van der Waals surface area contributed by atoms with Crippen LogP contribution in [-0.2, 0) is 14.2 Å². The summed E-state index contributed by atoms with van der Waals surface area (Å²) in [6.07, 6.45) is -6.60. The van der Waals surface area contributed by atoms with Crippen LogP contribution in [0.4, 0.5) is 0 Å². The molecule has 2 fully saturated rings. The Bertz CT molecular complexity index is 463. The van der Waals surface area contributed by atoms with Crippen molar-refractivity contribution >= 4 is 0 Å². The summed E-state index contributed by atoms with van der Waals surface area (Å²) in [5.74, 6) is 0. The van der Waals surface area contributed by atoms with Crippen LogP contribution in [0.2, 0.25) is 0 Å². The van der Waals surface area contributed by atoms with Crippen LogP contribution < -0.4 is 22.9 Å². The highest BCUT2D eigenvalue weighted by atomic mass is 16.7. The summed E-state index contributed by atoms with van der Waals surface area (Å²) >= 11 is 0. The van der Waals surface area contributed by atoms with E-state index in [2.05, 4.69) is 0 Å². The highest BCUT2D eigenvalue weighted by Crippen LogP contribution is 2.30. The molecule has 2 rings (SSSR count). The molecular formula is C16H34N4O6. The van der Waals surface area contributed by atoms with Gasteiger partial charge in [-0.15, -0.1) is 0 Å². The monoisotopic (exact) mass is 378 g/mol. The van der Waals surface area contributed by atoms with Crippen LogP contribution in [0.25, 0.3) is 0 Å². The van der Waals surface area contributed by atoms with Gasteiger partial charge in [-0.1, -0.05) is 0 Å². The molecule has 10 heteroatoms. The maximum Gasteiger partial charge on any atom is 0.176 e. The molecule has 10 atom stereocenters. The first-order valence-electron chi connectivity index (χ1n) is 8.96. The average Bonchev–Trinajstić information content (AvgIpc) is 2.54. The fourth-order valence-corrected chi connectivity index (χ4v) is 3.42. The second kappa shape index (κ2) is 8.31. The number of nitrogens with two attached hydrogens (primary N) is 4. The lowest BCUT2D eigenvalue weighted by Gasteiger charge is -2.48. The summed E-state index contributed by atoms with van der Waals surface area (Å²) in [7, 11) is 0. The third-order valence-electron chi connectivity index (χ3n) is 4.83. The van der Waals surface area contributed by atoms with Crippen LogP contribution in [0.1, 0.15) is 27.2 Å². The van der Waals surface area contributed by atoms with E-state index >= 15 is 0 Å². The molecular weight excluding hydrogens is 344 g/mol. The Hall–Kier alpha value is -0.400. The highest BCUT2D eigenvalue weighted by molar-refractivity contribution is 5.01. The van der Waals surface area contributed by atoms with Gasteiger partial charge in [-0.2, -0.15) is 0 Å². The highest BCUT2D eigenvalue weighted by Gasteiger charge is 2.49. The second-order valence-corrected chi connectivity index (χ2v) is 8.19. The quantitative estimate of drug-likeness (QED) is 0.261. The number of aliphatic hydroxyl groups is 3. The van der Waals surface area contributed by atoms with Crippen molar-refractivity contribution in [3.63, 3.8) is 0 Å². The van der Waals surface area contributed by atoms with Gasteiger partial charge in [-0.25, -0.2) is 0 Å². The molecule has 26 heavy (non-hydrogen) atoms. The maximum absolute atomic E-state index is 10.5. The van der Waals surface area contributed by atoms with Crippen molar-refractivity contribution in [1.82, 2.24) is 0 Å². The molecule has 11 N–H and O–H groups in total. The third-order valence-corrected chi connectivity index (χ3v) is 4.83. The van der Waals surface area contributed by atoms with E-state index < -0.39 is 66.6 Å². The van der Waals surface area contributed by atoms with Crippen LogP contribution in [0.3, 0.4) is 0 Å². The fourth-order valence-electron chi connectivity index (χ4n) is 3.42. The molecule has 1 heterocycles. The van der Waals surface area contributed by atoms with Gasteiger partial charge in [0.05, 0.1) is 17.7 Å². The minimum absolute atomic E-state index is 0.0169. The first-order chi connectivity index (χ1) is 12.0. The van der Waals surface area contributed by atoms with Crippen molar-refractivity contribution in [3.8, 4) is 0 Å². The lowest BCUT2D eigenvalue weighted by Crippen LogP contribution is -2.68. The van der Waals surface area contributed by atoms with E-state index in [0.29, 0.717) is 6.42 Å². The summed E-state index contributed by atoms with van der Waals surface area (Å²) in [5.41, 5.74) is 23.1. The molecule has 0 bridgehead atoms. The smallest absolute Gasteiger partial charge is 0.176 e. The third kappa shape index (κ3) is 4.71. The standard InChI is InChI=1S/C16H34N4O6/c1-16(2,3)26-14-10(21)6(18)4-7(19)13(14)25-15-9(20)12(23)11(22)8(5-17)24-15/h6-15,21-23H,4-5,17-20H2,1-3H3. The van der Waals surface area contributed by atoms with Gasteiger partial charge in [0.25, 0.3) is 0 Å². The number of hydrogen-bond donors (Lipinski definition) is 7. The Kier molecular flexibility index (Phi) is 7.00. The Morgan fingerprint density at radius 1 is 0.962 bits per heavy atom. The SMILES string of the molecule is CC(C)(C)OC1C(O)C(N)CC(N)C1OC1OC(CN)C(O)C(O)C1N. The van der Waals surface area contributed by atoms with Gasteiger partial charge in [-0.3, -0.25) is 0 Å². The van der Waals surface area contributed by atoms with E-state index in [-0.39, 0.29) is 6.54 Å². The Balaban J connectivity index is 2.20. The van der Waals surface area contributed by atoms with Crippen molar-refractivity contribution in [2.24, 2.45) is 22.9 Å². The number of aliphatic hydroxyl groups excluding tert-OH is 3. The van der Waals surface area contributed by atoms with Gasteiger partial charge in [0.15, 0.2) is 6.29 Å². The van der Waals surface area contributed by atoms with E-state index in [9.17, 15) is 15.3 Å². The molecule has 1 aliphatic heterocycles. The summed E-state index contributed by atoms with van der Waals surface area (Å²) in [6, 6.07) is -2.10. The molecule has 2 aliphatic rings. The van der Waals surface area contributed by atoms with Gasteiger partial charge in [-0.05, 0) is 27.2 Å². The van der Waals surface area contributed by atoms with Gasteiger partial charge in [0, 0.05) is 18.6 Å². The number of rotatable bonds is 4. The number of hydrogen-bond acceptors (Lipinski definition) is 10. The Morgan fingerprint density at radius 3 is 2.12 bits per heavy atom. The molecule has 1 saturated carbocycles. The molecule has 1 aliphatic carbocycles. The number of ether oxygens (including phenoxy) is 3. The minimum atomic E-state index is -1.27. The summed E-state index contributed by atoms with van der Waals surface area (Å²) in [6.45, 7) is 5.51. The van der Waals surface area contributed by atoms with E-state index in [0.717, 1.165) is 0 Å². The Morgan fingerprint density at radius 2 is 1.58 bits per heavy atom. The van der Waals surface area contributed by atoms with Crippen LogP contribution >= 0.6 is 0 Å². The molecule has 0 amide bonds. The first kappa shape index (κ1) is 21.9. The average molecular weight is 378 g/mol. The van der Waals surface area contributed by atoms with E-state index in [1.807, 2.05) is 20.8 Å². The fraction of sp³-hybridized carbons (Fsp3) is 1.00. The summed E-state index contributed by atoms with van der Waals surface area (Å²) < 4.78 is 17.5. The lowest BCUT2D eigenvalue weighted by atomic mass is 9.84. The van der Waals surface area contributed by atoms with Crippen LogP contribution in [-0.4, -0.2) is 88.5 Å². The predicted octanol–water partition coefficient (Wildman–Crippen LogP) is -3.29. The van der Waals surface area contributed by atoms with Crippen LogP contribution in [0.15, 0.2) is 0 Å². The minimum Gasteiger partial charge on any atom is -0.389 e. The zero-order valence-electron chi connectivity index (χ0n) is 15.6. The van der Waals surface area contributed by atoms with E-state index in [1.165, 1.54) is 0 Å².